The minimum absolute atomic E-state index is 0.0456. The Hall–Kier alpha value is -0.551. The molecule has 25 heavy (non-hydrogen) atoms. The number of carbonyl (C=O) groups is 2. The summed E-state index contributed by atoms with van der Waals surface area (Å²) >= 11 is 2.98. The van der Waals surface area contributed by atoms with E-state index in [-0.39, 0.29) is 11.8 Å². The first-order chi connectivity index (χ1) is 12.0. The molecular weight excluding hydrogens is 440 g/mol. The molecule has 0 aliphatic carbocycles. The third-order valence-electron chi connectivity index (χ3n) is 5.31. The molecule has 0 saturated heterocycles. The summed E-state index contributed by atoms with van der Waals surface area (Å²) < 4.78 is 5.11. The van der Waals surface area contributed by atoms with Gasteiger partial charge in [-0.05, 0) is 0 Å². The van der Waals surface area contributed by atoms with Crippen molar-refractivity contribution in [3.05, 3.63) is 34.3 Å². The van der Waals surface area contributed by atoms with E-state index in [0.29, 0.717) is 16.1 Å². The topological polar surface area (TPSA) is 37.4 Å². The molecule has 5 heteroatoms. The van der Waals surface area contributed by atoms with Crippen LogP contribution in [0.3, 0.4) is 0 Å². The Morgan fingerprint density at radius 1 is 0.840 bits per heavy atom. The number of amides is 2. The summed E-state index contributed by atoms with van der Waals surface area (Å²) in [6.07, 6.45) is 6.72. The molecule has 1 aliphatic heterocycles. The molecule has 0 unspecified atom stereocenters. The number of hydrogen-bond acceptors (Lipinski definition) is 2. The first-order valence-electron chi connectivity index (χ1n) is 9.69. The van der Waals surface area contributed by atoms with Crippen molar-refractivity contribution in [1.82, 2.24) is 3.12 Å². The number of imide groups is 1. The summed E-state index contributed by atoms with van der Waals surface area (Å²) in [6.45, 7) is 6.58. The van der Waals surface area contributed by atoms with Gasteiger partial charge in [-0.2, -0.15) is 0 Å². The number of halogens is 1. The number of rotatable bonds is 10. The van der Waals surface area contributed by atoms with Crippen LogP contribution in [0.2, 0.25) is 18.3 Å². The van der Waals surface area contributed by atoms with Gasteiger partial charge in [0.25, 0.3) is 0 Å². The maximum absolute atomic E-state index is 13.2. The van der Waals surface area contributed by atoms with E-state index in [4.69, 9.17) is 11.6 Å². The van der Waals surface area contributed by atoms with Crippen LogP contribution in [0.15, 0.2) is 18.2 Å². The predicted octanol–water partition coefficient (Wildman–Crippen LogP) is 6.28. The zero-order valence-electron chi connectivity index (χ0n) is 15.7. The number of hydrogen-bond donors (Lipinski definition) is 0. The first-order valence-corrected chi connectivity index (χ1v) is 17.4. The van der Waals surface area contributed by atoms with Gasteiger partial charge in [-0.25, -0.2) is 0 Å². The second-order valence-corrected chi connectivity index (χ2v) is 20.2. The molecule has 138 valence electrons. The minimum atomic E-state index is -3.11. The second kappa shape index (κ2) is 9.40. The molecule has 2 amide bonds. The van der Waals surface area contributed by atoms with Crippen LogP contribution in [0.4, 0.5) is 0 Å². The van der Waals surface area contributed by atoms with Crippen LogP contribution < -0.4 is 0 Å². The van der Waals surface area contributed by atoms with E-state index in [0.717, 1.165) is 51.8 Å². The average Bonchev–Trinajstić information content (AvgIpc) is 2.86. The van der Waals surface area contributed by atoms with Gasteiger partial charge in [-0.15, -0.1) is 0 Å². The third kappa shape index (κ3) is 4.41. The van der Waals surface area contributed by atoms with Gasteiger partial charge in [0.05, 0.1) is 0 Å². The number of unbranched alkanes of at least 4 members (excludes halogenated alkanes) is 3. The van der Waals surface area contributed by atoms with Gasteiger partial charge in [-0.1, -0.05) is 0 Å². The zero-order chi connectivity index (χ0) is 18.4. The van der Waals surface area contributed by atoms with Crippen LogP contribution in [0.5, 0.6) is 0 Å². The van der Waals surface area contributed by atoms with E-state index >= 15 is 0 Å². The number of carbonyl (C=O) groups excluding carboxylic acids is 2. The van der Waals surface area contributed by atoms with Crippen molar-refractivity contribution in [2.24, 2.45) is 0 Å². The van der Waals surface area contributed by atoms with Crippen LogP contribution in [0.1, 0.15) is 80.0 Å². The van der Waals surface area contributed by atoms with Gasteiger partial charge >= 0.3 is 162 Å². The third-order valence-corrected chi connectivity index (χ3v) is 20.4. The summed E-state index contributed by atoms with van der Waals surface area (Å²) in [6, 6.07) is 5.12. The summed E-state index contributed by atoms with van der Waals surface area (Å²) in [5.41, 5.74) is 1.07. The Kier molecular flexibility index (Phi) is 7.81. The summed E-state index contributed by atoms with van der Waals surface area (Å²) in [7, 11) is 0. The fraction of sp³-hybridized carbons (Fsp3) is 0.600. The normalized spacial score (nSPS) is 14.3. The van der Waals surface area contributed by atoms with Crippen LogP contribution in [0, 0.1) is 0 Å². The van der Waals surface area contributed by atoms with Gasteiger partial charge in [0.2, 0.25) is 0 Å². The van der Waals surface area contributed by atoms with E-state index in [9.17, 15) is 9.59 Å². The summed E-state index contributed by atoms with van der Waals surface area (Å²) in [5.74, 6) is -0.114. The molecule has 0 aromatic heterocycles. The second-order valence-electron chi connectivity index (χ2n) is 7.17. The molecule has 0 radical (unpaired) electrons. The fourth-order valence-corrected chi connectivity index (χ4v) is 19.9. The molecular formula is C20H30ClNO2Sn. The molecule has 0 N–H and O–H groups in total. The molecule has 2 rings (SSSR count). The Morgan fingerprint density at radius 3 is 1.80 bits per heavy atom. The zero-order valence-corrected chi connectivity index (χ0v) is 19.3. The molecule has 1 heterocycles. The van der Waals surface area contributed by atoms with Gasteiger partial charge in [-0.3, -0.25) is 0 Å². The molecule has 3 nitrogen and oxygen atoms in total. The average molecular weight is 471 g/mol. The van der Waals surface area contributed by atoms with Gasteiger partial charge in [0.15, 0.2) is 0 Å². The van der Waals surface area contributed by atoms with Crippen molar-refractivity contribution in [3.63, 3.8) is 0 Å². The van der Waals surface area contributed by atoms with Crippen molar-refractivity contribution >= 4 is 42.1 Å². The number of fused-ring (bicyclic) bond motifs is 1. The van der Waals surface area contributed by atoms with Crippen molar-refractivity contribution in [2.45, 2.75) is 72.6 Å². The Morgan fingerprint density at radius 2 is 1.32 bits per heavy atom. The van der Waals surface area contributed by atoms with Crippen molar-refractivity contribution in [1.29, 1.82) is 0 Å². The molecule has 0 spiro atoms. The van der Waals surface area contributed by atoms with E-state index in [2.05, 4.69) is 20.8 Å². The molecule has 1 aliphatic rings. The van der Waals surface area contributed by atoms with Crippen LogP contribution >= 0.6 is 11.6 Å². The number of nitrogens with zero attached hydrogens (tertiary/aromatic N) is 1. The van der Waals surface area contributed by atoms with Gasteiger partial charge < -0.3 is 0 Å². The summed E-state index contributed by atoms with van der Waals surface area (Å²) in [5, 5.41) is 0.526. The monoisotopic (exact) mass is 471 g/mol. The maximum atomic E-state index is 13.2. The van der Waals surface area contributed by atoms with E-state index in [1.54, 1.807) is 21.3 Å². The number of benzene rings is 1. The van der Waals surface area contributed by atoms with Gasteiger partial charge in [0, 0.05) is 0 Å². The summed E-state index contributed by atoms with van der Waals surface area (Å²) in [4.78, 5) is 26.4. The fourth-order valence-electron chi connectivity index (χ4n) is 3.87. The van der Waals surface area contributed by atoms with E-state index < -0.39 is 18.7 Å². The molecule has 0 atom stereocenters. The molecule has 0 fully saturated rings. The first kappa shape index (κ1) is 20.8. The van der Waals surface area contributed by atoms with Crippen LogP contribution in [-0.4, -0.2) is 33.6 Å². The molecule has 0 saturated carbocycles. The Bertz CT molecular complexity index is 610. The predicted molar refractivity (Wildman–Crippen MR) is 107 cm³/mol. The van der Waals surface area contributed by atoms with Crippen molar-refractivity contribution < 1.29 is 9.59 Å². The standard InChI is InChI=1S/C8H4ClNO2.3C4H9.Sn/c9-4-1-2-5-6(3-4)8(12)10-7(5)11;3*1-3-4-2;/h1-3H,(H,10,11,12);3*1,3-4H2,2H3;/q;;;;+1/p-1. The molecule has 1 aromatic rings. The molecule has 0 bridgehead atoms. The van der Waals surface area contributed by atoms with Crippen molar-refractivity contribution in [2.75, 3.05) is 0 Å². The van der Waals surface area contributed by atoms with Crippen LogP contribution in [0.25, 0.3) is 0 Å². The molecule has 1 aromatic carbocycles. The van der Waals surface area contributed by atoms with E-state index in [1.807, 2.05) is 0 Å². The SMILES string of the molecule is CCC[CH2][Sn]([CH2]CCC)([CH2]CCC)[N]1C(=O)c2ccc(Cl)cc2C1=O. The van der Waals surface area contributed by atoms with Crippen molar-refractivity contribution in [3.8, 4) is 0 Å². The Labute approximate surface area is 161 Å². The Balaban J connectivity index is 2.44. The van der Waals surface area contributed by atoms with Crippen LogP contribution in [-0.2, 0) is 0 Å². The van der Waals surface area contributed by atoms with Gasteiger partial charge in [0.1, 0.15) is 0 Å². The van der Waals surface area contributed by atoms with E-state index in [1.165, 1.54) is 0 Å². The quantitative estimate of drug-likeness (QED) is 0.298.